The average molecular weight is 369 g/mol. The van der Waals surface area contributed by atoms with Gasteiger partial charge in [0.2, 0.25) is 0 Å². The van der Waals surface area contributed by atoms with Crippen LogP contribution >= 0.6 is 11.6 Å². The Morgan fingerprint density at radius 3 is 2.35 bits per heavy atom. The van der Waals surface area contributed by atoms with Gasteiger partial charge < -0.3 is 0 Å². The fourth-order valence-electron chi connectivity index (χ4n) is 3.01. The normalized spacial score (nSPS) is 19.0. The lowest BCUT2D eigenvalue weighted by molar-refractivity contribution is -0.127. The minimum atomic E-state index is -0.999. The van der Waals surface area contributed by atoms with E-state index in [1.807, 2.05) is 0 Å². The molecule has 1 fully saturated rings. The van der Waals surface area contributed by atoms with E-state index in [2.05, 4.69) is 5.48 Å². The molecule has 4 rings (SSSR count). The number of nitrogens with zero attached hydrogens (tertiary/aromatic N) is 1. The second-order valence-electron chi connectivity index (χ2n) is 5.98. The maximum atomic E-state index is 12.9. The van der Waals surface area contributed by atoms with E-state index in [0.717, 1.165) is 4.90 Å². The number of ketones is 1. The van der Waals surface area contributed by atoms with Crippen molar-refractivity contribution in [1.82, 2.24) is 5.48 Å². The van der Waals surface area contributed by atoms with Gasteiger partial charge in [0.25, 0.3) is 11.8 Å². The highest BCUT2D eigenvalue weighted by Gasteiger charge is 2.50. The number of rotatable bonds is 3. The van der Waals surface area contributed by atoms with Crippen molar-refractivity contribution in [3.8, 4) is 0 Å². The lowest BCUT2D eigenvalue weighted by atomic mass is 10.1. The van der Waals surface area contributed by atoms with Gasteiger partial charge in [-0.15, -0.1) is 0 Å². The van der Waals surface area contributed by atoms with Crippen LogP contribution in [0, 0.1) is 0 Å². The van der Waals surface area contributed by atoms with E-state index < -0.39 is 17.9 Å². The number of halogens is 1. The second-order valence-corrected chi connectivity index (χ2v) is 6.41. The molecule has 1 saturated heterocycles. The lowest BCUT2D eigenvalue weighted by Gasteiger charge is -2.16. The first-order valence-corrected chi connectivity index (χ1v) is 8.26. The van der Waals surface area contributed by atoms with E-state index in [4.69, 9.17) is 16.4 Å². The van der Waals surface area contributed by atoms with Crippen LogP contribution in [-0.4, -0.2) is 23.7 Å². The van der Waals surface area contributed by atoms with Crippen molar-refractivity contribution < 1.29 is 19.2 Å². The zero-order chi connectivity index (χ0) is 18.4. The van der Waals surface area contributed by atoms with Crippen LogP contribution in [0.15, 0.2) is 54.1 Å². The van der Waals surface area contributed by atoms with E-state index in [0.29, 0.717) is 27.5 Å². The number of fused-ring (bicyclic) bond motifs is 1. The molecule has 0 aromatic heterocycles. The predicted molar refractivity (Wildman–Crippen MR) is 95.3 cm³/mol. The Morgan fingerprint density at radius 1 is 1.08 bits per heavy atom. The Bertz CT molecular complexity index is 964. The van der Waals surface area contributed by atoms with Crippen LogP contribution in [0.3, 0.4) is 0 Å². The maximum absolute atomic E-state index is 12.9. The maximum Gasteiger partial charge on any atom is 0.270 e. The summed E-state index contributed by atoms with van der Waals surface area (Å²) in [6.45, 7) is 1.45. The highest BCUT2D eigenvalue weighted by molar-refractivity contribution is 6.33. The van der Waals surface area contributed by atoms with E-state index in [1.54, 1.807) is 48.5 Å². The minimum absolute atomic E-state index is 0.0900. The average Bonchev–Trinajstić information content (AvgIpc) is 3.17. The summed E-state index contributed by atoms with van der Waals surface area (Å²) in [6, 6.07) is 13.2. The van der Waals surface area contributed by atoms with Crippen LogP contribution < -0.4 is 10.4 Å². The Kier molecular flexibility index (Phi) is 3.86. The number of amides is 2. The molecule has 1 N–H and O–H groups in total. The quantitative estimate of drug-likeness (QED) is 0.666. The Hall–Kier alpha value is -2.96. The molecular formula is C19H13ClN2O4. The van der Waals surface area contributed by atoms with Gasteiger partial charge in [-0.3, -0.25) is 24.7 Å². The summed E-state index contributed by atoms with van der Waals surface area (Å²) in [7, 11) is 0. The first kappa shape index (κ1) is 16.5. The van der Waals surface area contributed by atoms with Gasteiger partial charge in [0, 0.05) is 16.1 Å². The van der Waals surface area contributed by atoms with Crippen LogP contribution in [0.1, 0.15) is 22.8 Å². The van der Waals surface area contributed by atoms with E-state index in [-0.39, 0.29) is 11.4 Å². The van der Waals surface area contributed by atoms with Crippen LogP contribution in [0.25, 0.3) is 5.70 Å². The molecule has 0 bridgehead atoms. The number of carbonyl (C=O) groups excluding carboxylic acids is 3. The Labute approximate surface area is 154 Å². The number of hydroxylamine groups is 1. The number of imide groups is 1. The molecule has 0 spiro atoms. The lowest BCUT2D eigenvalue weighted by Crippen LogP contribution is -2.34. The van der Waals surface area contributed by atoms with Gasteiger partial charge in [-0.1, -0.05) is 23.7 Å². The fraction of sp³-hybridized carbons (Fsp3) is 0.105. The van der Waals surface area contributed by atoms with Crippen LogP contribution in [0.2, 0.25) is 5.02 Å². The molecule has 2 aliphatic rings. The van der Waals surface area contributed by atoms with Gasteiger partial charge in [-0.25, -0.2) is 4.90 Å². The largest absolute Gasteiger partial charge is 0.295 e. The number of hydrogen-bond acceptors (Lipinski definition) is 5. The predicted octanol–water partition coefficient (Wildman–Crippen LogP) is 2.73. The minimum Gasteiger partial charge on any atom is -0.295 e. The van der Waals surface area contributed by atoms with Gasteiger partial charge in [0.1, 0.15) is 0 Å². The molecule has 26 heavy (non-hydrogen) atoms. The first-order valence-electron chi connectivity index (χ1n) is 7.88. The number of hydrogen-bond donors (Lipinski definition) is 1. The number of Topliss-reactive ketones (excluding diaryl/α,β-unsaturated/α-hetero) is 1. The molecule has 130 valence electrons. The number of benzene rings is 2. The van der Waals surface area contributed by atoms with Crippen LogP contribution in [-0.2, 0) is 14.4 Å². The third-order valence-corrected chi connectivity index (χ3v) is 4.61. The highest BCUT2D eigenvalue weighted by Crippen LogP contribution is 2.36. The van der Waals surface area contributed by atoms with Gasteiger partial charge >= 0.3 is 0 Å². The molecule has 2 aromatic rings. The molecule has 0 radical (unpaired) electrons. The third kappa shape index (κ3) is 2.51. The Balaban J connectivity index is 1.74. The standard InChI is InChI=1S/C19H13ClN2O4/c1-10(23)11-4-8-14(9-5-11)22-18(24)15-16(21-26-17(15)19(22)25)12-2-6-13(20)7-3-12/h2-9,17,21H,1H3/t17-/m0/s1. The van der Waals surface area contributed by atoms with Crippen molar-refractivity contribution in [3.05, 3.63) is 70.3 Å². The smallest absolute Gasteiger partial charge is 0.270 e. The molecule has 2 amide bonds. The summed E-state index contributed by atoms with van der Waals surface area (Å²) in [5.74, 6) is -1.02. The Morgan fingerprint density at radius 2 is 1.73 bits per heavy atom. The van der Waals surface area contributed by atoms with Crippen molar-refractivity contribution in [3.63, 3.8) is 0 Å². The number of carbonyl (C=O) groups is 3. The van der Waals surface area contributed by atoms with E-state index in [9.17, 15) is 14.4 Å². The molecule has 2 aliphatic heterocycles. The summed E-state index contributed by atoms with van der Waals surface area (Å²) in [5, 5.41) is 0.566. The molecule has 0 saturated carbocycles. The zero-order valence-corrected chi connectivity index (χ0v) is 14.4. The summed E-state index contributed by atoms with van der Waals surface area (Å²) >= 11 is 5.90. The zero-order valence-electron chi connectivity index (χ0n) is 13.7. The summed E-state index contributed by atoms with van der Waals surface area (Å²) in [5.41, 5.74) is 4.98. The summed E-state index contributed by atoms with van der Waals surface area (Å²) < 4.78 is 0. The fourth-order valence-corrected chi connectivity index (χ4v) is 3.14. The number of nitrogens with one attached hydrogen (secondary N) is 1. The van der Waals surface area contributed by atoms with Crippen molar-refractivity contribution in [2.45, 2.75) is 13.0 Å². The molecule has 1 atom stereocenters. The van der Waals surface area contributed by atoms with Gasteiger partial charge in [-0.2, -0.15) is 0 Å². The molecule has 0 unspecified atom stereocenters. The molecule has 6 nitrogen and oxygen atoms in total. The molecule has 2 aromatic carbocycles. The van der Waals surface area contributed by atoms with Gasteiger partial charge in [-0.05, 0) is 43.3 Å². The topological polar surface area (TPSA) is 75.7 Å². The molecule has 2 heterocycles. The molecule has 7 heteroatoms. The SMILES string of the molecule is CC(=O)c1ccc(N2C(=O)C3=C(c4ccc(Cl)cc4)NO[C@@H]3C2=O)cc1. The van der Waals surface area contributed by atoms with Crippen molar-refractivity contribution in [2.75, 3.05) is 4.90 Å². The van der Waals surface area contributed by atoms with Crippen molar-refractivity contribution >= 4 is 40.6 Å². The van der Waals surface area contributed by atoms with Crippen LogP contribution in [0.4, 0.5) is 5.69 Å². The van der Waals surface area contributed by atoms with E-state index >= 15 is 0 Å². The summed E-state index contributed by atoms with van der Waals surface area (Å²) in [4.78, 5) is 43.4. The first-order chi connectivity index (χ1) is 12.5. The monoisotopic (exact) mass is 368 g/mol. The number of anilines is 1. The van der Waals surface area contributed by atoms with Gasteiger partial charge in [0.15, 0.2) is 11.9 Å². The second kappa shape index (κ2) is 6.09. The van der Waals surface area contributed by atoms with Gasteiger partial charge in [0.05, 0.1) is 17.0 Å². The van der Waals surface area contributed by atoms with Crippen molar-refractivity contribution in [2.24, 2.45) is 0 Å². The van der Waals surface area contributed by atoms with Crippen LogP contribution in [0.5, 0.6) is 0 Å². The van der Waals surface area contributed by atoms with E-state index in [1.165, 1.54) is 6.92 Å². The summed E-state index contributed by atoms with van der Waals surface area (Å²) in [6.07, 6.45) is -0.999. The third-order valence-electron chi connectivity index (χ3n) is 4.35. The molecular weight excluding hydrogens is 356 g/mol. The highest BCUT2D eigenvalue weighted by atomic mass is 35.5. The van der Waals surface area contributed by atoms with Crippen molar-refractivity contribution in [1.29, 1.82) is 0 Å². The molecule has 0 aliphatic carbocycles.